The molecule has 3 aliphatic heterocycles. The van der Waals surface area contributed by atoms with Crippen molar-refractivity contribution in [2.24, 2.45) is 11.8 Å². The fourth-order valence-electron chi connectivity index (χ4n) is 7.27. The van der Waals surface area contributed by atoms with Gasteiger partial charge >= 0.3 is 29.8 Å². The first-order valence-corrected chi connectivity index (χ1v) is 16.7. The smallest absolute Gasteiger partial charge is 0.309 e. The number of esters is 5. The van der Waals surface area contributed by atoms with Crippen molar-refractivity contribution in [3.05, 3.63) is 29.3 Å². The number of ether oxygens (including phenoxy) is 12. The molecule has 6 rings (SSSR count). The molecule has 3 heterocycles. The molecule has 0 spiro atoms. The van der Waals surface area contributed by atoms with Crippen LogP contribution in [0.4, 0.5) is 0 Å². The molecule has 1 aliphatic carbocycles. The number of methoxy groups -OCH3 is 3. The molecule has 0 aromatic heterocycles. The van der Waals surface area contributed by atoms with Crippen molar-refractivity contribution in [1.29, 1.82) is 0 Å². The van der Waals surface area contributed by atoms with E-state index in [-0.39, 0.29) is 19.8 Å². The SMILES string of the molecule is COc1cc2c(c(OC)c1OC)-c1cc3c(cc1[C@H](O[C@@H]1O[C@@H](COC(C)=O)[C@@H](OC(C)=O)[C@H](OC(C)=O)[C@@H]1OC(C)=O)[C@H]1COC(=O)[C@@H]1C2)OCO3. The molecule has 8 atom stereocenters. The van der Waals surface area contributed by atoms with E-state index in [4.69, 9.17) is 56.8 Å². The summed E-state index contributed by atoms with van der Waals surface area (Å²) in [5, 5.41) is 0. The number of hydrogen-bond acceptors (Lipinski definition) is 17. The molecule has 2 fully saturated rings. The summed E-state index contributed by atoms with van der Waals surface area (Å²) in [5.41, 5.74) is 2.25. The van der Waals surface area contributed by atoms with Crippen molar-refractivity contribution in [1.82, 2.24) is 0 Å². The lowest BCUT2D eigenvalue weighted by molar-refractivity contribution is -0.322. The Morgan fingerprint density at radius 2 is 1.40 bits per heavy atom. The molecule has 286 valence electrons. The highest BCUT2D eigenvalue weighted by molar-refractivity contribution is 5.86. The van der Waals surface area contributed by atoms with Gasteiger partial charge < -0.3 is 56.8 Å². The molecule has 17 nitrogen and oxygen atoms in total. The topological polar surface area (TPSA) is 196 Å². The third kappa shape index (κ3) is 7.35. The van der Waals surface area contributed by atoms with Gasteiger partial charge in [-0.05, 0) is 41.3 Å². The first-order chi connectivity index (χ1) is 25.3. The first kappa shape index (κ1) is 37.5. The number of cyclic esters (lactones) is 1. The van der Waals surface area contributed by atoms with E-state index in [2.05, 4.69) is 0 Å². The quantitative estimate of drug-likeness (QED) is 0.254. The number of carbonyl (C=O) groups excluding carboxylic acids is 5. The number of fused-ring (bicyclic) bond motifs is 5. The van der Waals surface area contributed by atoms with E-state index < -0.39 is 85.1 Å². The van der Waals surface area contributed by atoms with Gasteiger partial charge in [0.1, 0.15) is 12.7 Å². The molecular formula is C36H40O17. The molecule has 0 bridgehead atoms. The van der Waals surface area contributed by atoms with Gasteiger partial charge in [-0.15, -0.1) is 0 Å². The van der Waals surface area contributed by atoms with Gasteiger partial charge in [0.15, 0.2) is 47.6 Å². The largest absolute Gasteiger partial charge is 0.493 e. The van der Waals surface area contributed by atoms with Crippen molar-refractivity contribution < 1.29 is 80.8 Å². The Morgan fingerprint density at radius 3 is 2.02 bits per heavy atom. The monoisotopic (exact) mass is 744 g/mol. The molecule has 2 saturated heterocycles. The van der Waals surface area contributed by atoms with E-state index in [0.29, 0.717) is 51.0 Å². The average molecular weight is 745 g/mol. The van der Waals surface area contributed by atoms with Gasteiger partial charge in [-0.25, -0.2) is 0 Å². The van der Waals surface area contributed by atoms with Crippen LogP contribution < -0.4 is 23.7 Å². The Labute approximate surface area is 303 Å². The predicted molar refractivity (Wildman–Crippen MR) is 175 cm³/mol. The maximum Gasteiger partial charge on any atom is 0.309 e. The minimum absolute atomic E-state index is 0.0625. The second kappa shape index (κ2) is 15.4. The van der Waals surface area contributed by atoms with E-state index in [1.165, 1.54) is 28.3 Å². The summed E-state index contributed by atoms with van der Waals surface area (Å²) < 4.78 is 69.8. The molecule has 0 radical (unpaired) electrons. The van der Waals surface area contributed by atoms with E-state index in [1.54, 1.807) is 18.2 Å². The van der Waals surface area contributed by atoms with Crippen molar-refractivity contribution >= 4 is 29.8 Å². The molecular weight excluding hydrogens is 704 g/mol. The fourth-order valence-corrected chi connectivity index (χ4v) is 7.27. The lowest BCUT2D eigenvalue weighted by Gasteiger charge is -2.45. The standard InChI is InChI=1S/C36H40O17/c1-15(37)45-13-27-31(49-16(2)38)33(50-17(3)39)34(51-18(4)40)36(52-27)53-29-21-11-25-24(47-14-48-25)10-20(21)28-19(8-22-23(29)12-46-35(22)41)9-26(42-5)30(43-6)32(28)44-7/h9-11,22-23,27,29,31,33-34,36H,8,12-14H2,1-7H3/t22-,23+,27+,29+,31-,33+,34+,36+/m1/s1. The van der Waals surface area contributed by atoms with E-state index in [0.717, 1.165) is 20.8 Å². The first-order valence-electron chi connectivity index (χ1n) is 16.7. The zero-order chi connectivity index (χ0) is 38.1. The third-order valence-corrected chi connectivity index (χ3v) is 9.33. The molecule has 0 saturated carbocycles. The summed E-state index contributed by atoms with van der Waals surface area (Å²) in [6.45, 7) is 3.95. The maximum absolute atomic E-state index is 13.5. The summed E-state index contributed by atoms with van der Waals surface area (Å²) in [7, 11) is 4.43. The third-order valence-electron chi connectivity index (χ3n) is 9.33. The number of benzene rings is 2. The molecule has 0 amide bonds. The van der Waals surface area contributed by atoms with Gasteiger partial charge in [-0.2, -0.15) is 0 Å². The Hall–Kier alpha value is -5.29. The second-order valence-corrected chi connectivity index (χ2v) is 12.7. The minimum atomic E-state index is -1.57. The highest BCUT2D eigenvalue weighted by Crippen LogP contribution is 2.55. The van der Waals surface area contributed by atoms with Gasteiger partial charge in [0, 0.05) is 39.2 Å². The lowest BCUT2D eigenvalue weighted by atomic mass is 9.76. The Morgan fingerprint density at radius 1 is 0.755 bits per heavy atom. The number of hydrogen-bond donors (Lipinski definition) is 0. The van der Waals surface area contributed by atoms with Gasteiger partial charge in [-0.1, -0.05) is 0 Å². The lowest BCUT2D eigenvalue weighted by Crippen LogP contribution is -2.63. The van der Waals surface area contributed by atoms with Crippen LogP contribution in [0.25, 0.3) is 11.1 Å². The van der Waals surface area contributed by atoms with Crippen LogP contribution in [0.2, 0.25) is 0 Å². The highest BCUT2D eigenvalue weighted by atomic mass is 16.7. The number of carbonyl (C=O) groups is 5. The summed E-state index contributed by atoms with van der Waals surface area (Å²) in [6.07, 6.45) is -8.19. The van der Waals surface area contributed by atoms with Gasteiger partial charge in [-0.3, -0.25) is 24.0 Å². The highest BCUT2D eigenvalue weighted by Gasteiger charge is 2.55. The van der Waals surface area contributed by atoms with E-state index in [1.807, 2.05) is 0 Å². The molecule has 17 heteroatoms. The van der Waals surface area contributed by atoms with Crippen LogP contribution in [-0.4, -0.2) is 102 Å². The zero-order valence-electron chi connectivity index (χ0n) is 30.1. The predicted octanol–water partition coefficient (Wildman–Crippen LogP) is 2.59. The Balaban J connectivity index is 1.55. The van der Waals surface area contributed by atoms with E-state index in [9.17, 15) is 24.0 Å². The summed E-state index contributed by atoms with van der Waals surface area (Å²) in [5.74, 6) is -3.24. The molecule has 2 aromatic carbocycles. The van der Waals surface area contributed by atoms with Crippen molar-refractivity contribution in [3.8, 4) is 39.9 Å². The molecule has 2 aromatic rings. The fraction of sp³-hybridized carbons (Fsp3) is 0.528. The zero-order valence-corrected chi connectivity index (χ0v) is 30.1. The summed E-state index contributed by atoms with van der Waals surface area (Å²) in [4.78, 5) is 62.8. The maximum atomic E-state index is 13.5. The van der Waals surface area contributed by atoms with Crippen LogP contribution >= 0.6 is 0 Å². The number of rotatable bonds is 10. The van der Waals surface area contributed by atoms with Gasteiger partial charge in [0.2, 0.25) is 12.5 Å². The summed E-state index contributed by atoms with van der Waals surface area (Å²) in [6, 6.07) is 5.24. The normalized spacial score (nSPS) is 26.7. The second-order valence-electron chi connectivity index (χ2n) is 12.7. The van der Waals surface area contributed by atoms with Crippen molar-refractivity contribution in [2.75, 3.05) is 41.3 Å². The molecule has 0 unspecified atom stereocenters. The molecule has 4 aliphatic rings. The van der Waals surface area contributed by atoms with Crippen LogP contribution in [0.5, 0.6) is 28.7 Å². The van der Waals surface area contributed by atoms with Crippen LogP contribution in [-0.2, 0) is 63.6 Å². The van der Waals surface area contributed by atoms with Crippen LogP contribution in [0.3, 0.4) is 0 Å². The average Bonchev–Trinajstić information content (AvgIpc) is 3.71. The molecule has 53 heavy (non-hydrogen) atoms. The Bertz CT molecular complexity index is 1790. The van der Waals surface area contributed by atoms with Crippen LogP contribution in [0, 0.1) is 11.8 Å². The minimum Gasteiger partial charge on any atom is -0.493 e. The summed E-state index contributed by atoms with van der Waals surface area (Å²) >= 11 is 0. The van der Waals surface area contributed by atoms with Crippen molar-refractivity contribution in [2.45, 2.75) is 70.9 Å². The van der Waals surface area contributed by atoms with Crippen LogP contribution in [0.15, 0.2) is 18.2 Å². The van der Waals surface area contributed by atoms with Crippen molar-refractivity contribution in [3.63, 3.8) is 0 Å². The van der Waals surface area contributed by atoms with E-state index >= 15 is 0 Å². The molecule has 0 N–H and O–H groups in total. The Kier molecular flexibility index (Phi) is 10.9. The van der Waals surface area contributed by atoms with Crippen LogP contribution in [0.1, 0.15) is 44.9 Å². The van der Waals surface area contributed by atoms with Gasteiger partial charge in [0.05, 0.1) is 40.0 Å². The van der Waals surface area contributed by atoms with Gasteiger partial charge in [0.25, 0.3) is 0 Å².